The van der Waals surface area contributed by atoms with Gasteiger partial charge in [0.05, 0.1) is 12.2 Å². The summed E-state index contributed by atoms with van der Waals surface area (Å²) in [4.78, 5) is 10.6. The lowest BCUT2D eigenvalue weighted by molar-refractivity contribution is -0.141. The molecule has 1 aliphatic rings. The van der Waals surface area contributed by atoms with Crippen molar-refractivity contribution in [2.45, 2.75) is 32.6 Å². The van der Waals surface area contributed by atoms with E-state index in [4.69, 9.17) is 5.11 Å². The second kappa shape index (κ2) is 4.49. The van der Waals surface area contributed by atoms with Crippen LogP contribution in [-0.2, 0) is 14.8 Å². The molecule has 6 heteroatoms. The van der Waals surface area contributed by atoms with Gasteiger partial charge in [0.1, 0.15) is 0 Å². The van der Waals surface area contributed by atoms with Crippen molar-refractivity contribution in [3.05, 3.63) is 0 Å². The van der Waals surface area contributed by atoms with Crippen LogP contribution in [0.15, 0.2) is 0 Å². The van der Waals surface area contributed by atoms with Crippen molar-refractivity contribution in [1.29, 1.82) is 0 Å². The molecular weight excluding hydrogens is 218 g/mol. The number of sulfonamides is 1. The van der Waals surface area contributed by atoms with E-state index in [1.165, 1.54) is 0 Å². The van der Waals surface area contributed by atoms with Crippen molar-refractivity contribution in [3.8, 4) is 0 Å². The Kier molecular flexibility index (Phi) is 3.72. The van der Waals surface area contributed by atoms with E-state index in [1.54, 1.807) is 6.92 Å². The molecule has 0 radical (unpaired) electrons. The van der Waals surface area contributed by atoms with Crippen LogP contribution in [0.2, 0.25) is 0 Å². The number of hydrogen-bond acceptors (Lipinski definition) is 3. The third kappa shape index (κ3) is 3.46. The molecule has 2 N–H and O–H groups in total. The van der Waals surface area contributed by atoms with E-state index >= 15 is 0 Å². The second-order valence-corrected chi connectivity index (χ2v) is 6.24. The fourth-order valence-electron chi connectivity index (χ4n) is 1.78. The van der Waals surface area contributed by atoms with Gasteiger partial charge in [-0.1, -0.05) is 6.42 Å². The van der Waals surface area contributed by atoms with Crippen molar-refractivity contribution in [1.82, 2.24) is 4.72 Å². The SMILES string of the molecule is CCS(=O)(=O)NCC1(CC(=O)O)CCC1. The van der Waals surface area contributed by atoms with Crippen LogP contribution in [-0.4, -0.2) is 31.8 Å². The first-order chi connectivity index (χ1) is 6.89. The predicted octanol–water partition coefficient (Wildman–Crippen LogP) is 0.571. The number of nitrogens with one attached hydrogen (secondary N) is 1. The Morgan fingerprint density at radius 3 is 2.40 bits per heavy atom. The van der Waals surface area contributed by atoms with E-state index in [9.17, 15) is 13.2 Å². The summed E-state index contributed by atoms with van der Waals surface area (Å²) in [5.41, 5.74) is -0.339. The van der Waals surface area contributed by atoms with Crippen LogP contribution in [0, 0.1) is 5.41 Å². The molecular formula is C9H17NO4S. The number of rotatable bonds is 6. The molecule has 0 aromatic rings. The van der Waals surface area contributed by atoms with E-state index in [1.807, 2.05) is 0 Å². The van der Waals surface area contributed by atoms with Gasteiger partial charge < -0.3 is 5.11 Å². The minimum Gasteiger partial charge on any atom is -0.481 e. The summed E-state index contributed by atoms with van der Waals surface area (Å²) in [5, 5.41) is 8.72. The van der Waals surface area contributed by atoms with Gasteiger partial charge in [-0.05, 0) is 25.2 Å². The first-order valence-corrected chi connectivity index (χ1v) is 6.73. The minimum atomic E-state index is -3.21. The van der Waals surface area contributed by atoms with Crippen molar-refractivity contribution in [2.24, 2.45) is 5.41 Å². The Bertz CT molecular complexity index is 332. The third-order valence-electron chi connectivity index (χ3n) is 2.99. The van der Waals surface area contributed by atoms with Gasteiger partial charge >= 0.3 is 5.97 Å². The van der Waals surface area contributed by atoms with Crippen LogP contribution in [0.4, 0.5) is 0 Å². The highest BCUT2D eigenvalue weighted by atomic mass is 32.2. The van der Waals surface area contributed by atoms with Crippen LogP contribution < -0.4 is 4.72 Å². The van der Waals surface area contributed by atoms with Gasteiger partial charge in [-0.15, -0.1) is 0 Å². The second-order valence-electron chi connectivity index (χ2n) is 4.15. The summed E-state index contributed by atoms with van der Waals surface area (Å²) in [6.45, 7) is 1.82. The fraction of sp³-hybridized carbons (Fsp3) is 0.889. The molecule has 0 bridgehead atoms. The zero-order chi connectivity index (χ0) is 11.5. The van der Waals surface area contributed by atoms with Crippen molar-refractivity contribution >= 4 is 16.0 Å². The van der Waals surface area contributed by atoms with Crippen LogP contribution in [0.25, 0.3) is 0 Å². The van der Waals surface area contributed by atoms with Crippen LogP contribution in [0.3, 0.4) is 0 Å². The molecule has 0 saturated heterocycles. The van der Waals surface area contributed by atoms with Crippen molar-refractivity contribution in [2.75, 3.05) is 12.3 Å². The summed E-state index contributed by atoms with van der Waals surface area (Å²) >= 11 is 0. The average Bonchev–Trinajstić information content (AvgIpc) is 2.09. The monoisotopic (exact) mass is 235 g/mol. The number of carboxylic acid groups (broad SMARTS) is 1. The summed E-state index contributed by atoms with van der Waals surface area (Å²) in [6, 6.07) is 0. The Morgan fingerprint density at radius 2 is 2.07 bits per heavy atom. The number of carbonyl (C=O) groups is 1. The minimum absolute atomic E-state index is 0.0378. The lowest BCUT2D eigenvalue weighted by Gasteiger charge is -2.40. The standard InChI is InChI=1S/C9H17NO4S/c1-2-15(13,14)10-7-9(4-3-5-9)6-8(11)12/h10H,2-7H2,1H3,(H,11,12). The molecule has 0 aromatic carbocycles. The molecule has 0 aliphatic heterocycles. The van der Waals surface area contributed by atoms with Crippen molar-refractivity contribution in [3.63, 3.8) is 0 Å². The zero-order valence-electron chi connectivity index (χ0n) is 8.82. The highest BCUT2D eigenvalue weighted by Crippen LogP contribution is 2.43. The van der Waals surface area contributed by atoms with Crippen LogP contribution >= 0.6 is 0 Å². The molecule has 0 spiro atoms. The first kappa shape index (κ1) is 12.4. The maximum atomic E-state index is 11.2. The summed E-state index contributed by atoms with van der Waals surface area (Å²) in [5.74, 6) is -0.818. The van der Waals surface area contributed by atoms with E-state index in [0.29, 0.717) is 0 Å². The molecule has 1 rings (SSSR count). The Morgan fingerprint density at radius 1 is 1.47 bits per heavy atom. The Labute approximate surface area is 89.9 Å². The van der Waals surface area contributed by atoms with E-state index in [0.717, 1.165) is 19.3 Å². The molecule has 0 aromatic heterocycles. The number of aliphatic carboxylic acids is 1. The Hall–Kier alpha value is -0.620. The van der Waals surface area contributed by atoms with E-state index in [2.05, 4.69) is 4.72 Å². The molecule has 0 amide bonds. The number of carboxylic acids is 1. The van der Waals surface area contributed by atoms with Gasteiger partial charge in [0.25, 0.3) is 0 Å². The molecule has 5 nitrogen and oxygen atoms in total. The summed E-state index contributed by atoms with van der Waals surface area (Å²) in [7, 11) is -3.21. The van der Waals surface area contributed by atoms with Gasteiger partial charge in [0.15, 0.2) is 0 Å². The molecule has 1 aliphatic carbocycles. The molecule has 88 valence electrons. The largest absolute Gasteiger partial charge is 0.481 e. The molecule has 15 heavy (non-hydrogen) atoms. The van der Waals surface area contributed by atoms with Crippen molar-refractivity contribution < 1.29 is 18.3 Å². The smallest absolute Gasteiger partial charge is 0.303 e. The highest BCUT2D eigenvalue weighted by molar-refractivity contribution is 7.89. The molecule has 0 atom stereocenters. The van der Waals surface area contributed by atoms with E-state index < -0.39 is 16.0 Å². The van der Waals surface area contributed by atoms with E-state index in [-0.39, 0.29) is 24.1 Å². The van der Waals surface area contributed by atoms with Gasteiger partial charge in [0.2, 0.25) is 10.0 Å². The van der Waals surface area contributed by atoms with Gasteiger partial charge in [-0.3, -0.25) is 4.79 Å². The third-order valence-corrected chi connectivity index (χ3v) is 4.33. The molecule has 0 heterocycles. The van der Waals surface area contributed by atoms with Crippen LogP contribution in [0.5, 0.6) is 0 Å². The quantitative estimate of drug-likeness (QED) is 0.705. The van der Waals surface area contributed by atoms with Gasteiger partial charge in [0, 0.05) is 6.54 Å². The predicted molar refractivity (Wildman–Crippen MR) is 56.0 cm³/mol. The highest BCUT2D eigenvalue weighted by Gasteiger charge is 2.39. The average molecular weight is 235 g/mol. The molecule has 1 saturated carbocycles. The lowest BCUT2D eigenvalue weighted by Crippen LogP contribution is -2.43. The maximum Gasteiger partial charge on any atom is 0.303 e. The topological polar surface area (TPSA) is 83.5 Å². The summed E-state index contributed by atoms with van der Waals surface area (Å²) in [6.07, 6.45) is 2.64. The molecule has 1 fully saturated rings. The Balaban J connectivity index is 2.51. The maximum absolute atomic E-state index is 11.2. The normalized spacial score (nSPS) is 19.5. The fourth-order valence-corrected chi connectivity index (χ4v) is 2.51. The van der Waals surface area contributed by atoms with Crippen LogP contribution in [0.1, 0.15) is 32.6 Å². The first-order valence-electron chi connectivity index (χ1n) is 5.08. The lowest BCUT2D eigenvalue weighted by atomic mass is 9.67. The molecule has 0 unspecified atom stereocenters. The van der Waals surface area contributed by atoms with Gasteiger partial charge in [-0.25, -0.2) is 13.1 Å². The van der Waals surface area contributed by atoms with Gasteiger partial charge in [-0.2, -0.15) is 0 Å². The number of hydrogen-bond donors (Lipinski definition) is 2. The summed E-state index contributed by atoms with van der Waals surface area (Å²) < 4.78 is 24.9. The zero-order valence-corrected chi connectivity index (χ0v) is 9.64.